The van der Waals surface area contributed by atoms with E-state index in [1.165, 1.54) is 7.05 Å². The van der Waals surface area contributed by atoms with Crippen LogP contribution in [0.3, 0.4) is 0 Å². The number of furan rings is 1. The number of nitrogens with zero attached hydrogens (tertiary/aromatic N) is 1. The Bertz CT molecular complexity index is 405. The van der Waals surface area contributed by atoms with Crippen LogP contribution in [-0.4, -0.2) is 48.7 Å². The lowest BCUT2D eigenvalue weighted by atomic mass is 10.1. The number of hydrogen-bond acceptors (Lipinski definition) is 4. The Balaban J connectivity index is 2.32. The number of aliphatic hydroxyl groups is 1. The van der Waals surface area contributed by atoms with Gasteiger partial charge >= 0.3 is 6.03 Å². The molecule has 1 heterocycles. The van der Waals surface area contributed by atoms with Crippen LogP contribution in [0, 0.1) is 5.92 Å². The van der Waals surface area contributed by atoms with E-state index in [1.807, 2.05) is 6.07 Å². The molecule has 0 spiro atoms. The predicted octanol–water partition coefficient (Wildman–Crippen LogP) is -0.443. The van der Waals surface area contributed by atoms with Crippen molar-refractivity contribution in [2.24, 2.45) is 11.7 Å². The molecule has 0 saturated carbocycles. The van der Waals surface area contributed by atoms with Gasteiger partial charge in [0, 0.05) is 32.5 Å². The molecule has 1 atom stereocenters. The summed E-state index contributed by atoms with van der Waals surface area (Å²) in [5.41, 5.74) is 5.01. The summed E-state index contributed by atoms with van der Waals surface area (Å²) in [6, 6.07) is 2.92. The number of carbonyl (C=O) groups is 2. The van der Waals surface area contributed by atoms with Gasteiger partial charge in [-0.25, -0.2) is 4.79 Å². The number of carbonyl (C=O) groups excluding carboxylic acids is 2. The highest BCUT2D eigenvalue weighted by Gasteiger charge is 2.14. The summed E-state index contributed by atoms with van der Waals surface area (Å²) in [5.74, 6) is 0.302. The third kappa shape index (κ3) is 5.43. The molecule has 0 aliphatic rings. The molecule has 0 unspecified atom stereocenters. The SMILES string of the molecule is CN(CC(=O)NC[C@@H](CO)Cc1ccco1)C(N)=O. The maximum absolute atomic E-state index is 11.5. The van der Waals surface area contributed by atoms with E-state index in [4.69, 9.17) is 10.2 Å². The fourth-order valence-electron chi connectivity index (χ4n) is 1.52. The van der Waals surface area contributed by atoms with Crippen molar-refractivity contribution in [3.63, 3.8) is 0 Å². The lowest BCUT2D eigenvalue weighted by Gasteiger charge is -2.16. The van der Waals surface area contributed by atoms with Crippen LogP contribution in [0.1, 0.15) is 5.76 Å². The second kappa shape index (κ2) is 7.42. The zero-order valence-corrected chi connectivity index (χ0v) is 10.8. The topological polar surface area (TPSA) is 109 Å². The van der Waals surface area contributed by atoms with Gasteiger partial charge < -0.3 is 25.5 Å². The molecular weight excluding hydrogens is 250 g/mol. The van der Waals surface area contributed by atoms with Gasteiger partial charge in [0.05, 0.1) is 6.26 Å². The van der Waals surface area contributed by atoms with Crippen molar-refractivity contribution in [3.8, 4) is 0 Å². The summed E-state index contributed by atoms with van der Waals surface area (Å²) in [6.45, 7) is 0.142. The van der Waals surface area contributed by atoms with Crippen LogP contribution in [0.4, 0.5) is 4.79 Å². The quantitative estimate of drug-likeness (QED) is 0.623. The van der Waals surface area contributed by atoms with Crippen molar-refractivity contribution >= 4 is 11.9 Å². The first-order valence-corrected chi connectivity index (χ1v) is 5.93. The predicted molar refractivity (Wildman–Crippen MR) is 68.2 cm³/mol. The lowest BCUT2D eigenvalue weighted by Crippen LogP contribution is -2.42. The number of urea groups is 1. The molecule has 0 aromatic carbocycles. The standard InChI is InChI=1S/C12H19N3O4/c1-15(12(13)18)7-11(17)14-6-9(8-16)5-10-3-2-4-19-10/h2-4,9,16H,5-8H2,1H3,(H2,13,18)(H,14,17)/t9-/m0/s1. The molecule has 0 radical (unpaired) electrons. The first-order valence-electron chi connectivity index (χ1n) is 5.93. The van der Waals surface area contributed by atoms with Crippen molar-refractivity contribution in [3.05, 3.63) is 24.2 Å². The van der Waals surface area contributed by atoms with E-state index in [0.29, 0.717) is 13.0 Å². The van der Waals surface area contributed by atoms with Crippen molar-refractivity contribution in [1.82, 2.24) is 10.2 Å². The van der Waals surface area contributed by atoms with Crippen LogP contribution >= 0.6 is 0 Å². The van der Waals surface area contributed by atoms with E-state index in [9.17, 15) is 14.7 Å². The molecule has 19 heavy (non-hydrogen) atoms. The smallest absolute Gasteiger partial charge is 0.314 e. The van der Waals surface area contributed by atoms with Gasteiger partial charge in [0.15, 0.2) is 0 Å². The largest absolute Gasteiger partial charge is 0.469 e. The van der Waals surface area contributed by atoms with E-state index >= 15 is 0 Å². The maximum atomic E-state index is 11.5. The third-order valence-electron chi connectivity index (χ3n) is 2.67. The van der Waals surface area contributed by atoms with E-state index in [2.05, 4.69) is 5.32 Å². The highest BCUT2D eigenvalue weighted by atomic mass is 16.3. The minimum Gasteiger partial charge on any atom is -0.469 e. The van der Waals surface area contributed by atoms with Gasteiger partial charge in [0.2, 0.25) is 5.91 Å². The van der Waals surface area contributed by atoms with Gasteiger partial charge in [-0.15, -0.1) is 0 Å². The minimum atomic E-state index is -0.663. The van der Waals surface area contributed by atoms with Crippen molar-refractivity contribution in [2.45, 2.75) is 6.42 Å². The molecule has 0 aliphatic carbocycles. The Morgan fingerprint density at radius 2 is 2.32 bits per heavy atom. The maximum Gasteiger partial charge on any atom is 0.314 e. The molecule has 4 N–H and O–H groups in total. The Hall–Kier alpha value is -2.02. The number of aliphatic hydroxyl groups excluding tert-OH is 1. The van der Waals surface area contributed by atoms with E-state index < -0.39 is 6.03 Å². The molecule has 0 aliphatic heterocycles. The van der Waals surface area contributed by atoms with Gasteiger partial charge in [0.1, 0.15) is 12.3 Å². The van der Waals surface area contributed by atoms with Gasteiger partial charge in [0.25, 0.3) is 0 Å². The highest BCUT2D eigenvalue weighted by molar-refractivity contribution is 5.83. The number of rotatable bonds is 7. The number of hydrogen-bond donors (Lipinski definition) is 3. The monoisotopic (exact) mass is 269 g/mol. The molecule has 7 heteroatoms. The summed E-state index contributed by atoms with van der Waals surface area (Å²) in [5, 5.41) is 11.9. The molecule has 7 nitrogen and oxygen atoms in total. The molecule has 0 saturated heterocycles. The van der Waals surface area contributed by atoms with Gasteiger partial charge in [-0.05, 0) is 12.1 Å². The van der Waals surface area contributed by atoms with Crippen molar-refractivity contribution in [1.29, 1.82) is 0 Å². The number of nitrogens with two attached hydrogens (primary N) is 1. The third-order valence-corrected chi connectivity index (χ3v) is 2.67. The summed E-state index contributed by atoms with van der Waals surface area (Å²) >= 11 is 0. The first kappa shape index (κ1) is 15.0. The Kier molecular flexibility index (Phi) is 5.87. The minimum absolute atomic E-state index is 0.0629. The summed E-state index contributed by atoms with van der Waals surface area (Å²) in [6.07, 6.45) is 2.10. The highest BCUT2D eigenvalue weighted by Crippen LogP contribution is 2.08. The zero-order chi connectivity index (χ0) is 14.3. The molecule has 106 valence electrons. The van der Waals surface area contributed by atoms with Crippen LogP contribution < -0.4 is 11.1 Å². The molecule has 0 bridgehead atoms. The van der Waals surface area contributed by atoms with Crippen molar-refractivity contribution < 1.29 is 19.1 Å². The zero-order valence-electron chi connectivity index (χ0n) is 10.8. The van der Waals surface area contributed by atoms with E-state index in [0.717, 1.165) is 10.7 Å². The second-order valence-electron chi connectivity index (χ2n) is 4.33. The average molecular weight is 269 g/mol. The fourth-order valence-corrected chi connectivity index (χ4v) is 1.52. The average Bonchev–Trinajstić information content (AvgIpc) is 2.86. The van der Waals surface area contributed by atoms with Crippen LogP contribution in [0.15, 0.2) is 22.8 Å². The first-order chi connectivity index (χ1) is 9.02. The number of amides is 3. The summed E-state index contributed by atoms with van der Waals surface area (Å²) < 4.78 is 5.18. The van der Waals surface area contributed by atoms with Gasteiger partial charge in [-0.2, -0.15) is 0 Å². The second-order valence-corrected chi connectivity index (χ2v) is 4.33. The molecule has 1 aromatic heterocycles. The van der Waals surface area contributed by atoms with Crippen LogP contribution in [0.2, 0.25) is 0 Å². The summed E-state index contributed by atoms with van der Waals surface area (Å²) in [4.78, 5) is 23.4. The van der Waals surface area contributed by atoms with E-state index in [-0.39, 0.29) is 25.0 Å². The molecule has 3 amide bonds. The van der Waals surface area contributed by atoms with E-state index in [1.54, 1.807) is 12.3 Å². The molecular formula is C12H19N3O4. The Labute approximate surface area is 111 Å². The summed E-state index contributed by atoms with van der Waals surface area (Å²) in [7, 11) is 1.44. The number of nitrogens with one attached hydrogen (secondary N) is 1. The lowest BCUT2D eigenvalue weighted by molar-refractivity contribution is -0.121. The fraction of sp³-hybridized carbons (Fsp3) is 0.500. The van der Waals surface area contributed by atoms with Crippen LogP contribution in [0.5, 0.6) is 0 Å². The molecule has 1 aromatic rings. The van der Waals surface area contributed by atoms with Gasteiger partial charge in [-0.1, -0.05) is 0 Å². The normalized spacial score (nSPS) is 11.9. The van der Waals surface area contributed by atoms with Crippen molar-refractivity contribution in [2.75, 3.05) is 26.7 Å². The Morgan fingerprint density at radius 3 is 2.84 bits per heavy atom. The molecule has 1 rings (SSSR count). The van der Waals surface area contributed by atoms with Crippen LogP contribution in [-0.2, 0) is 11.2 Å². The van der Waals surface area contributed by atoms with Crippen LogP contribution in [0.25, 0.3) is 0 Å². The number of likely N-dealkylation sites (N-methyl/N-ethyl adjacent to an activating group) is 1. The van der Waals surface area contributed by atoms with Gasteiger partial charge in [-0.3, -0.25) is 4.79 Å². The molecule has 0 fully saturated rings. The Morgan fingerprint density at radius 1 is 1.58 bits per heavy atom. The number of primary amides is 1.